The van der Waals surface area contributed by atoms with Gasteiger partial charge in [-0.25, -0.2) is 10.8 Å². The number of hydrogen-bond donors (Lipinski definition) is 3. The zero-order valence-corrected chi connectivity index (χ0v) is 12.1. The van der Waals surface area contributed by atoms with Crippen LogP contribution in [-0.2, 0) is 0 Å². The van der Waals surface area contributed by atoms with Crippen LogP contribution in [0.2, 0.25) is 5.02 Å². The molecule has 1 aromatic heterocycles. The van der Waals surface area contributed by atoms with Crippen LogP contribution in [0.5, 0.6) is 0 Å². The first-order valence-corrected chi connectivity index (χ1v) is 6.39. The number of hydrogen-bond acceptors (Lipinski definition) is 7. The lowest BCUT2D eigenvalue weighted by Crippen LogP contribution is -2.12. The number of benzene rings is 1. The van der Waals surface area contributed by atoms with Crippen LogP contribution in [-0.4, -0.2) is 14.9 Å². The third kappa shape index (κ3) is 2.95. The highest BCUT2D eigenvalue weighted by atomic mass is 79.9. The molecule has 10 heteroatoms. The van der Waals surface area contributed by atoms with Crippen LogP contribution >= 0.6 is 27.5 Å². The van der Waals surface area contributed by atoms with E-state index in [1.165, 1.54) is 0 Å². The van der Waals surface area contributed by atoms with Crippen LogP contribution in [0.15, 0.2) is 28.9 Å². The molecule has 0 amide bonds. The highest BCUT2D eigenvalue weighted by Crippen LogP contribution is 2.34. The van der Waals surface area contributed by atoms with E-state index in [9.17, 15) is 10.1 Å². The molecule has 0 aliphatic heterocycles. The number of nitro groups is 1. The molecular weight excluding hydrogens is 352 g/mol. The molecule has 0 radical (unpaired) electrons. The predicted octanol–water partition coefficient (Wildman–Crippen LogP) is 2.83. The first-order valence-electron chi connectivity index (χ1n) is 5.22. The molecular formula is C10H8BrClN6O2. The van der Waals surface area contributed by atoms with Gasteiger partial charge in [-0.3, -0.25) is 15.5 Å². The molecule has 20 heavy (non-hydrogen) atoms. The van der Waals surface area contributed by atoms with Crippen LogP contribution in [0.1, 0.15) is 0 Å². The summed E-state index contributed by atoms with van der Waals surface area (Å²) in [5.74, 6) is 5.24. The van der Waals surface area contributed by atoms with E-state index in [0.717, 1.165) is 6.20 Å². The topological polar surface area (TPSA) is 119 Å². The van der Waals surface area contributed by atoms with Gasteiger partial charge in [0.15, 0.2) is 0 Å². The summed E-state index contributed by atoms with van der Waals surface area (Å²) < 4.78 is 0.567. The summed E-state index contributed by atoms with van der Waals surface area (Å²) in [6.45, 7) is 0. The molecule has 1 aromatic carbocycles. The lowest BCUT2D eigenvalue weighted by atomic mass is 10.3. The molecule has 104 valence electrons. The first kappa shape index (κ1) is 14.4. The quantitative estimate of drug-likeness (QED) is 0.436. The van der Waals surface area contributed by atoms with Crippen molar-refractivity contribution in [1.29, 1.82) is 0 Å². The molecule has 0 saturated carbocycles. The summed E-state index contributed by atoms with van der Waals surface area (Å²) in [5.41, 5.74) is 2.47. The molecule has 2 rings (SSSR count). The lowest BCUT2D eigenvalue weighted by molar-refractivity contribution is -0.384. The van der Waals surface area contributed by atoms with Crippen molar-refractivity contribution in [3.8, 4) is 0 Å². The SMILES string of the molecule is NNc1ncc([N+](=O)[O-])c(Nc2cccc(Cl)c2Br)n1. The van der Waals surface area contributed by atoms with Crippen LogP contribution in [0.3, 0.4) is 0 Å². The van der Waals surface area contributed by atoms with E-state index in [2.05, 4.69) is 36.6 Å². The minimum absolute atomic E-state index is 0.000849. The van der Waals surface area contributed by atoms with Crippen LogP contribution in [0, 0.1) is 10.1 Å². The first-order chi connectivity index (χ1) is 9.52. The molecule has 0 aliphatic carbocycles. The molecule has 4 N–H and O–H groups in total. The van der Waals surface area contributed by atoms with Crippen molar-refractivity contribution in [3.63, 3.8) is 0 Å². The standard InChI is InChI=1S/C10H8BrClN6O2/c11-8-5(12)2-1-3-6(8)15-9-7(18(19)20)4-14-10(16-9)17-13/h1-4H,13H2,(H2,14,15,16,17). The van der Waals surface area contributed by atoms with Crippen molar-refractivity contribution in [1.82, 2.24) is 9.97 Å². The van der Waals surface area contributed by atoms with Gasteiger partial charge in [-0.2, -0.15) is 4.98 Å². The van der Waals surface area contributed by atoms with Gasteiger partial charge in [-0.05, 0) is 28.1 Å². The number of nitrogens with two attached hydrogens (primary N) is 1. The zero-order valence-electron chi connectivity index (χ0n) is 9.80. The number of halogens is 2. The second-order valence-electron chi connectivity index (χ2n) is 3.56. The maximum Gasteiger partial charge on any atom is 0.329 e. The largest absolute Gasteiger partial charge is 0.333 e. The number of nitrogen functional groups attached to an aromatic ring is 1. The molecule has 0 unspecified atom stereocenters. The van der Waals surface area contributed by atoms with Crippen LogP contribution in [0.4, 0.5) is 23.1 Å². The summed E-state index contributed by atoms with van der Waals surface area (Å²) in [5, 5.41) is 14.2. The molecule has 0 bridgehead atoms. The smallest absolute Gasteiger partial charge is 0.329 e. The lowest BCUT2D eigenvalue weighted by Gasteiger charge is -2.09. The Hall–Kier alpha value is -1.97. The van der Waals surface area contributed by atoms with Gasteiger partial charge in [-0.15, -0.1) is 0 Å². The predicted molar refractivity (Wildman–Crippen MR) is 78.9 cm³/mol. The van der Waals surface area contributed by atoms with Crippen LogP contribution in [0.25, 0.3) is 0 Å². The molecule has 0 atom stereocenters. The molecule has 0 saturated heterocycles. The number of nitrogens with one attached hydrogen (secondary N) is 2. The Labute approximate surface area is 126 Å². The second kappa shape index (κ2) is 5.99. The Morgan fingerprint density at radius 1 is 1.45 bits per heavy atom. The Morgan fingerprint density at radius 2 is 2.20 bits per heavy atom. The Balaban J connectivity index is 2.46. The summed E-state index contributed by atoms with van der Waals surface area (Å²) in [7, 11) is 0. The van der Waals surface area contributed by atoms with Crippen molar-refractivity contribution < 1.29 is 4.92 Å². The van der Waals surface area contributed by atoms with E-state index in [1.54, 1.807) is 18.2 Å². The van der Waals surface area contributed by atoms with Crippen molar-refractivity contribution in [2.75, 3.05) is 10.7 Å². The highest BCUT2D eigenvalue weighted by Gasteiger charge is 2.18. The van der Waals surface area contributed by atoms with Crippen molar-refractivity contribution >= 4 is 50.7 Å². The van der Waals surface area contributed by atoms with Gasteiger partial charge in [0.05, 0.1) is 20.1 Å². The van der Waals surface area contributed by atoms with Gasteiger partial charge in [0.1, 0.15) is 6.20 Å². The third-order valence-electron chi connectivity index (χ3n) is 2.30. The van der Waals surface area contributed by atoms with Gasteiger partial charge in [0.2, 0.25) is 11.8 Å². The molecule has 2 aromatic rings. The number of nitrogens with zero attached hydrogens (tertiary/aromatic N) is 3. The molecule has 8 nitrogen and oxygen atoms in total. The van der Waals surface area contributed by atoms with Crippen LogP contribution < -0.4 is 16.6 Å². The summed E-state index contributed by atoms with van der Waals surface area (Å²) in [4.78, 5) is 18.0. The fourth-order valence-corrected chi connectivity index (χ4v) is 1.94. The van der Waals surface area contributed by atoms with Crippen molar-refractivity contribution in [2.24, 2.45) is 5.84 Å². The van der Waals surface area contributed by atoms with E-state index in [4.69, 9.17) is 17.4 Å². The van der Waals surface area contributed by atoms with E-state index < -0.39 is 4.92 Å². The average Bonchev–Trinajstić information content (AvgIpc) is 2.43. The fraction of sp³-hybridized carbons (Fsp3) is 0. The van der Waals surface area contributed by atoms with Crippen molar-refractivity contribution in [3.05, 3.63) is 44.0 Å². The second-order valence-corrected chi connectivity index (χ2v) is 4.76. The molecule has 1 heterocycles. The van der Waals surface area contributed by atoms with Crippen molar-refractivity contribution in [2.45, 2.75) is 0 Å². The average molecular weight is 360 g/mol. The summed E-state index contributed by atoms with van der Waals surface area (Å²) in [6.07, 6.45) is 1.06. The normalized spacial score (nSPS) is 10.2. The number of hydrazine groups is 1. The number of aromatic nitrogens is 2. The maximum atomic E-state index is 11.0. The monoisotopic (exact) mass is 358 g/mol. The Bertz CT molecular complexity index is 668. The number of rotatable bonds is 4. The zero-order chi connectivity index (χ0) is 14.7. The Morgan fingerprint density at radius 3 is 2.85 bits per heavy atom. The fourth-order valence-electron chi connectivity index (χ4n) is 1.40. The van der Waals surface area contributed by atoms with E-state index >= 15 is 0 Å². The van der Waals surface area contributed by atoms with E-state index in [0.29, 0.717) is 15.2 Å². The molecule has 0 aliphatic rings. The summed E-state index contributed by atoms with van der Waals surface area (Å²) >= 11 is 9.24. The Kier molecular flexibility index (Phi) is 4.32. The minimum Gasteiger partial charge on any atom is -0.333 e. The van der Waals surface area contributed by atoms with Gasteiger partial charge in [-0.1, -0.05) is 17.7 Å². The van der Waals surface area contributed by atoms with Gasteiger partial charge < -0.3 is 5.32 Å². The maximum absolute atomic E-state index is 11.0. The molecule has 0 fully saturated rings. The minimum atomic E-state index is -0.596. The summed E-state index contributed by atoms with van der Waals surface area (Å²) in [6, 6.07) is 5.07. The highest BCUT2D eigenvalue weighted by molar-refractivity contribution is 9.10. The van der Waals surface area contributed by atoms with Gasteiger partial charge in [0, 0.05) is 0 Å². The molecule has 0 spiro atoms. The van der Waals surface area contributed by atoms with Gasteiger partial charge >= 0.3 is 5.69 Å². The number of anilines is 3. The van der Waals surface area contributed by atoms with E-state index in [1.807, 2.05) is 0 Å². The van der Waals surface area contributed by atoms with E-state index in [-0.39, 0.29) is 17.5 Å². The third-order valence-corrected chi connectivity index (χ3v) is 3.70. The van der Waals surface area contributed by atoms with Gasteiger partial charge in [0.25, 0.3) is 0 Å².